The van der Waals surface area contributed by atoms with Gasteiger partial charge in [-0.15, -0.1) is 0 Å². The Morgan fingerprint density at radius 3 is 1.37 bits per heavy atom. The molecule has 10 heterocycles. The molecule has 10 aromatic heterocycles. The number of aryl methyl sites for hydroxylation is 1. The summed E-state index contributed by atoms with van der Waals surface area (Å²) in [6.07, 6.45) is 24.5. The summed E-state index contributed by atoms with van der Waals surface area (Å²) >= 11 is 0. The summed E-state index contributed by atoms with van der Waals surface area (Å²) in [7, 11) is 1.62. The van der Waals surface area contributed by atoms with Crippen LogP contribution < -0.4 is 4.74 Å². The van der Waals surface area contributed by atoms with E-state index in [2.05, 4.69) is 214 Å². The van der Waals surface area contributed by atoms with Crippen molar-refractivity contribution in [3.05, 3.63) is 123 Å². The molecule has 0 radical (unpaired) electrons. The normalized spacial score (nSPS) is 13.2. The van der Waals surface area contributed by atoms with Crippen LogP contribution in [0.25, 0.3) is 61.2 Å². The fourth-order valence-corrected chi connectivity index (χ4v) is 8.54. The maximum atomic E-state index is 5.19. The minimum Gasteiger partial charge on any atom is -0.480 e. The molecule has 1 aliphatic rings. The van der Waals surface area contributed by atoms with Gasteiger partial charge in [-0.05, 0) is 160 Å². The molecular formula is C57H75N15O. The lowest BCUT2D eigenvalue weighted by molar-refractivity contribution is 0.399. The third kappa shape index (κ3) is 12.0. The first-order valence-corrected chi connectivity index (χ1v) is 24.9. The summed E-state index contributed by atoms with van der Waals surface area (Å²) in [6, 6.07) is 10.3. The maximum Gasteiger partial charge on any atom is 0.225 e. The van der Waals surface area contributed by atoms with Crippen LogP contribution in [-0.2, 0) is 27.7 Å². The fraction of sp³-hybridized carbons (Fsp3) is 0.439. The van der Waals surface area contributed by atoms with E-state index in [1.165, 1.54) is 30.2 Å². The molecule has 1 fully saturated rings. The first-order chi connectivity index (χ1) is 34.2. The zero-order chi connectivity index (χ0) is 53.3. The Kier molecular flexibility index (Phi) is 15.1. The summed E-state index contributed by atoms with van der Waals surface area (Å²) in [5.74, 6) is 1.31. The number of aromatic nitrogens is 15. The van der Waals surface area contributed by atoms with Gasteiger partial charge in [0.25, 0.3) is 0 Å². The lowest BCUT2D eigenvalue weighted by atomic mass is 10.1. The van der Waals surface area contributed by atoms with Gasteiger partial charge in [-0.3, -0.25) is 0 Å². The molecule has 0 N–H and O–H groups in total. The van der Waals surface area contributed by atoms with Crippen LogP contribution in [0.3, 0.4) is 0 Å². The zero-order valence-corrected chi connectivity index (χ0v) is 46.1. The van der Waals surface area contributed by atoms with E-state index in [1.807, 2.05) is 43.7 Å². The summed E-state index contributed by atoms with van der Waals surface area (Å²) in [5, 5.41) is 5.48. The second-order valence-electron chi connectivity index (χ2n) is 23.4. The standard InChI is InChI=1S/C13H17N3.C12H15N3.C11H15N3O.C11H15N3.C10H13N3/c1-13(2,3)16-7-6-10-11(9-4-5-9)14-8-15-12(10)16;1-5-10-9-6-7-15(12(2,3)4)11(9)14-8-13-10;1-11(2,3)14-6-5-8-9(14)12-7-13-10(8)15-4;1-8-9-5-6-14(11(2,3)4)10(9)13-7-12-8;1-10(2,3)13-5-4-8-6-11-7-12-9(8)13/h6-9H,4-5H2,1-3H3;5-8H,1H2,2-4H3;5-7H,1-4H3;5-7H,1-4H3;4-7H,1-3H3. The van der Waals surface area contributed by atoms with Crippen molar-refractivity contribution in [1.82, 2.24) is 72.7 Å². The highest BCUT2D eigenvalue weighted by Crippen LogP contribution is 2.42. The van der Waals surface area contributed by atoms with E-state index in [9.17, 15) is 0 Å². The van der Waals surface area contributed by atoms with Gasteiger partial charge in [0.05, 0.1) is 29.6 Å². The average molecular weight is 986 g/mol. The highest BCUT2D eigenvalue weighted by molar-refractivity contribution is 5.84. The molecule has 384 valence electrons. The predicted molar refractivity (Wildman–Crippen MR) is 296 cm³/mol. The van der Waals surface area contributed by atoms with Gasteiger partial charge in [0.1, 0.15) is 59.9 Å². The van der Waals surface area contributed by atoms with Gasteiger partial charge in [-0.25, -0.2) is 49.8 Å². The topological polar surface area (TPSA) is 163 Å². The number of nitrogens with zero attached hydrogens (tertiary/aromatic N) is 15. The molecule has 16 heteroatoms. The molecule has 0 unspecified atom stereocenters. The molecule has 1 aliphatic carbocycles. The Morgan fingerprint density at radius 1 is 0.466 bits per heavy atom. The van der Waals surface area contributed by atoms with Crippen molar-refractivity contribution in [1.29, 1.82) is 0 Å². The van der Waals surface area contributed by atoms with E-state index >= 15 is 0 Å². The molecule has 0 atom stereocenters. The molecule has 11 rings (SSSR count). The Bertz CT molecular complexity index is 3470. The molecule has 0 spiro atoms. The van der Waals surface area contributed by atoms with E-state index in [4.69, 9.17) is 4.74 Å². The van der Waals surface area contributed by atoms with Crippen molar-refractivity contribution in [2.45, 2.75) is 157 Å². The third-order valence-corrected chi connectivity index (χ3v) is 12.5. The lowest BCUT2D eigenvalue weighted by Gasteiger charge is -2.21. The molecule has 0 bridgehead atoms. The van der Waals surface area contributed by atoms with Crippen molar-refractivity contribution >= 4 is 61.2 Å². The Morgan fingerprint density at radius 2 is 0.863 bits per heavy atom. The van der Waals surface area contributed by atoms with E-state index in [0.29, 0.717) is 11.8 Å². The van der Waals surface area contributed by atoms with Crippen molar-refractivity contribution in [2.75, 3.05) is 7.11 Å². The highest BCUT2D eigenvalue weighted by atomic mass is 16.5. The van der Waals surface area contributed by atoms with Gasteiger partial charge >= 0.3 is 0 Å². The Hall–Kier alpha value is -7.36. The fourth-order valence-electron chi connectivity index (χ4n) is 8.54. The molecule has 1 saturated carbocycles. The molecule has 0 saturated heterocycles. The SMILES string of the molecule is C=Cc1ncnc2c1ccn2C(C)(C)C.CC(C)(C)n1ccc2c(C3CC3)ncnc21.CC(C)(C)n1ccc2cncnc21.COc1ncnc2c1ccn2C(C)(C)C.Cc1ncnc2c1ccn2C(C)(C)C. The molecule has 16 nitrogen and oxygen atoms in total. The molecule has 73 heavy (non-hydrogen) atoms. The first kappa shape index (κ1) is 53.4. The quantitative estimate of drug-likeness (QED) is 0.165. The first-order valence-electron chi connectivity index (χ1n) is 24.9. The second-order valence-corrected chi connectivity index (χ2v) is 23.4. The van der Waals surface area contributed by atoms with E-state index in [0.717, 1.165) is 61.2 Å². The minimum atomic E-state index is 0.0150. The number of fused-ring (bicyclic) bond motifs is 5. The van der Waals surface area contributed by atoms with Crippen LogP contribution in [0.2, 0.25) is 0 Å². The van der Waals surface area contributed by atoms with Gasteiger partial charge in [-0.2, -0.15) is 0 Å². The number of methoxy groups -OCH3 is 1. The Balaban J connectivity index is 0.000000134. The largest absolute Gasteiger partial charge is 0.480 e. The van der Waals surface area contributed by atoms with Crippen LogP contribution in [-0.4, -0.2) is 79.8 Å². The van der Waals surface area contributed by atoms with Gasteiger partial charge in [0.15, 0.2) is 0 Å². The van der Waals surface area contributed by atoms with E-state index < -0.39 is 0 Å². The molecule has 10 aromatic rings. The Labute approximate surface area is 430 Å². The lowest BCUT2D eigenvalue weighted by Crippen LogP contribution is -2.21. The van der Waals surface area contributed by atoms with Gasteiger partial charge < -0.3 is 27.6 Å². The number of hydrogen-bond donors (Lipinski definition) is 0. The summed E-state index contributed by atoms with van der Waals surface area (Å²) < 4.78 is 16.0. The molecular weight excluding hydrogens is 911 g/mol. The zero-order valence-electron chi connectivity index (χ0n) is 46.1. The second kappa shape index (κ2) is 20.6. The van der Waals surface area contributed by atoms with Crippen LogP contribution in [0.4, 0.5) is 0 Å². The number of rotatable bonds is 3. The van der Waals surface area contributed by atoms with Crippen molar-refractivity contribution < 1.29 is 4.74 Å². The highest BCUT2D eigenvalue weighted by Gasteiger charge is 2.29. The van der Waals surface area contributed by atoms with E-state index in [1.54, 1.807) is 38.5 Å². The minimum absolute atomic E-state index is 0.0150. The number of hydrogen-bond acceptors (Lipinski definition) is 11. The van der Waals surface area contributed by atoms with Crippen molar-refractivity contribution in [3.8, 4) is 5.88 Å². The van der Waals surface area contributed by atoms with Crippen LogP contribution in [0.15, 0.2) is 106 Å². The van der Waals surface area contributed by atoms with E-state index in [-0.39, 0.29) is 27.7 Å². The third-order valence-electron chi connectivity index (χ3n) is 12.5. The molecule has 0 aromatic carbocycles. The van der Waals surface area contributed by atoms with Crippen LogP contribution in [0, 0.1) is 6.92 Å². The van der Waals surface area contributed by atoms with Crippen molar-refractivity contribution in [3.63, 3.8) is 0 Å². The van der Waals surface area contributed by atoms with Crippen molar-refractivity contribution in [2.24, 2.45) is 0 Å². The van der Waals surface area contributed by atoms with Crippen LogP contribution in [0.1, 0.15) is 140 Å². The van der Waals surface area contributed by atoms with Gasteiger partial charge in [0, 0.05) is 92.3 Å². The van der Waals surface area contributed by atoms with Crippen LogP contribution in [0.5, 0.6) is 5.88 Å². The number of ether oxygens (including phenoxy) is 1. The van der Waals surface area contributed by atoms with Gasteiger partial charge in [0.2, 0.25) is 5.88 Å². The molecule has 0 aliphatic heterocycles. The maximum absolute atomic E-state index is 5.19. The molecule has 0 amide bonds. The average Bonchev–Trinajstić information content (AvgIpc) is 3.86. The van der Waals surface area contributed by atoms with Crippen LogP contribution >= 0.6 is 0 Å². The summed E-state index contributed by atoms with van der Waals surface area (Å²) in [5.41, 5.74) is 8.43. The summed E-state index contributed by atoms with van der Waals surface area (Å²) in [6.45, 7) is 38.2. The predicted octanol–water partition coefficient (Wildman–Crippen LogP) is 12.8. The smallest absolute Gasteiger partial charge is 0.225 e. The summed E-state index contributed by atoms with van der Waals surface area (Å²) in [4.78, 5) is 42.5. The van der Waals surface area contributed by atoms with Gasteiger partial charge in [-0.1, -0.05) is 6.58 Å². The monoisotopic (exact) mass is 986 g/mol.